The highest BCUT2D eigenvalue weighted by Crippen LogP contribution is 2.06. The summed E-state index contributed by atoms with van der Waals surface area (Å²) in [4.78, 5) is 16.0. The first-order valence-electron chi connectivity index (χ1n) is 5.38. The van der Waals surface area contributed by atoms with Crippen molar-refractivity contribution in [2.75, 3.05) is 26.2 Å². The maximum atomic E-state index is 11.5. The van der Waals surface area contributed by atoms with E-state index in [9.17, 15) is 4.79 Å². The maximum Gasteiger partial charge on any atom is 0.317 e. The Morgan fingerprint density at radius 2 is 2.13 bits per heavy atom. The summed E-state index contributed by atoms with van der Waals surface area (Å²) in [6.07, 6.45) is 3.91. The van der Waals surface area contributed by atoms with Gasteiger partial charge in [0.15, 0.2) is 0 Å². The van der Waals surface area contributed by atoms with Gasteiger partial charge in [-0.1, -0.05) is 5.11 Å². The van der Waals surface area contributed by atoms with Gasteiger partial charge in [0.2, 0.25) is 0 Å². The molecule has 2 amide bonds. The Kier molecular flexibility index (Phi) is 5.40. The minimum absolute atomic E-state index is 0.0382. The third-order valence-corrected chi connectivity index (χ3v) is 2.42. The van der Waals surface area contributed by atoms with Crippen LogP contribution in [-0.2, 0) is 0 Å². The van der Waals surface area contributed by atoms with Crippen molar-refractivity contribution in [3.05, 3.63) is 10.4 Å². The molecule has 1 heterocycles. The Hall–Kier alpha value is -1.42. The first kappa shape index (κ1) is 11.7. The normalized spacial score (nSPS) is 14.8. The van der Waals surface area contributed by atoms with E-state index in [0.717, 1.165) is 38.8 Å². The van der Waals surface area contributed by atoms with Gasteiger partial charge in [-0.25, -0.2) is 4.79 Å². The molecule has 1 aliphatic rings. The van der Waals surface area contributed by atoms with Gasteiger partial charge in [0.25, 0.3) is 0 Å². The zero-order valence-electron chi connectivity index (χ0n) is 8.85. The fourth-order valence-electron chi connectivity index (χ4n) is 1.58. The lowest BCUT2D eigenvalue weighted by molar-refractivity contribution is 0.208. The molecule has 1 N–H and O–H groups in total. The Labute approximate surface area is 89.3 Å². The number of carbonyl (C=O) groups excluding carboxylic acids is 1. The van der Waals surface area contributed by atoms with E-state index in [-0.39, 0.29) is 6.03 Å². The minimum Gasteiger partial charge on any atom is -0.338 e. The summed E-state index contributed by atoms with van der Waals surface area (Å²) >= 11 is 0. The van der Waals surface area contributed by atoms with Crippen molar-refractivity contribution in [2.45, 2.75) is 25.7 Å². The smallest absolute Gasteiger partial charge is 0.317 e. The van der Waals surface area contributed by atoms with E-state index < -0.39 is 0 Å². The van der Waals surface area contributed by atoms with Gasteiger partial charge in [-0.05, 0) is 31.2 Å². The van der Waals surface area contributed by atoms with Crippen molar-refractivity contribution < 1.29 is 4.79 Å². The van der Waals surface area contributed by atoms with Gasteiger partial charge >= 0.3 is 6.03 Å². The Balaban J connectivity index is 1.99. The van der Waals surface area contributed by atoms with Crippen LogP contribution in [0.2, 0.25) is 0 Å². The molecule has 0 saturated carbocycles. The van der Waals surface area contributed by atoms with E-state index in [4.69, 9.17) is 5.53 Å². The summed E-state index contributed by atoms with van der Waals surface area (Å²) in [5, 5.41) is 6.28. The summed E-state index contributed by atoms with van der Waals surface area (Å²) in [5.74, 6) is 0. The molecule has 0 aromatic carbocycles. The first-order valence-corrected chi connectivity index (χ1v) is 5.38. The second kappa shape index (κ2) is 6.95. The molecule has 0 aromatic heterocycles. The quantitative estimate of drug-likeness (QED) is 0.320. The molecule has 0 atom stereocenters. The lowest BCUT2D eigenvalue weighted by Gasteiger charge is -2.15. The predicted octanol–water partition coefficient (Wildman–Crippen LogP) is 1.88. The van der Waals surface area contributed by atoms with Crippen LogP contribution in [-0.4, -0.2) is 37.1 Å². The molecular formula is C9H17N5O. The molecule has 0 unspecified atom stereocenters. The standard InChI is InChI=1S/C9H17N5O/c10-13-12-6-2-1-5-11-9(15)14-7-3-4-8-14/h1-8H2,(H,11,15). The van der Waals surface area contributed by atoms with Crippen molar-refractivity contribution in [1.82, 2.24) is 10.2 Å². The molecule has 6 nitrogen and oxygen atoms in total. The summed E-state index contributed by atoms with van der Waals surface area (Å²) in [6, 6.07) is 0.0382. The second-order valence-electron chi connectivity index (χ2n) is 3.59. The number of rotatable bonds is 5. The predicted molar refractivity (Wildman–Crippen MR) is 57.5 cm³/mol. The van der Waals surface area contributed by atoms with Crippen LogP contribution in [0.4, 0.5) is 4.79 Å². The van der Waals surface area contributed by atoms with Gasteiger partial charge in [-0.15, -0.1) is 0 Å². The van der Waals surface area contributed by atoms with Crippen LogP contribution in [0.15, 0.2) is 5.11 Å². The van der Waals surface area contributed by atoms with Crippen molar-refractivity contribution in [3.8, 4) is 0 Å². The molecule has 0 aliphatic carbocycles. The number of azide groups is 1. The van der Waals surface area contributed by atoms with Gasteiger partial charge in [0.1, 0.15) is 0 Å². The van der Waals surface area contributed by atoms with E-state index in [1.54, 1.807) is 0 Å². The SMILES string of the molecule is [N-]=[N+]=NCCCCNC(=O)N1CCCC1. The second-order valence-corrected chi connectivity index (χ2v) is 3.59. The van der Waals surface area contributed by atoms with Crippen LogP contribution in [0.5, 0.6) is 0 Å². The monoisotopic (exact) mass is 211 g/mol. The first-order chi connectivity index (χ1) is 7.34. The van der Waals surface area contributed by atoms with Crippen LogP contribution in [0.1, 0.15) is 25.7 Å². The van der Waals surface area contributed by atoms with E-state index in [1.165, 1.54) is 0 Å². The third-order valence-electron chi connectivity index (χ3n) is 2.42. The van der Waals surface area contributed by atoms with Crippen molar-refractivity contribution in [1.29, 1.82) is 0 Å². The molecular weight excluding hydrogens is 194 g/mol. The van der Waals surface area contributed by atoms with Gasteiger partial charge in [0.05, 0.1) is 0 Å². The molecule has 6 heteroatoms. The number of carbonyl (C=O) groups is 1. The summed E-state index contributed by atoms with van der Waals surface area (Å²) in [6.45, 7) is 2.93. The lowest BCUT2D eigenvalue weighted by Crippen LogP contribution is -2.38. The molecule has 0 spiro atoms. The van der Waals surface area contributed by atoms with Gasteiger partial charge in [-0.2, -0.15) is 0 Å². The fraction of sp³-hybridized carbons (Fsp3) is 0.889. The maximum absolute atomic E-state index is 11.5. The average molecular weight is 211 g/mol. The number of likely N-dealkylation sites (tertiary alicyclic amines) is 1. The number of amides is 2. The lowest BCUT2D eigenvalue weighted by atomic mass is 10.3. The van der Waals surface area contributed by atoms with Gasteiger partial charge < -0.3 is 10.2 Å². The molecule has 84 valence electrons. The van der Waals surface area contributed by atoms with Crippen LogP contribution < -0.4 is 5.32 Å². The summed E-state index contributed by atoms with van der Waals surface area (Å²) < 4.78 is 0. The summed E-state index contributed by atoms with van der Waals surface area (Å²) in [5.41, 5.74) is 8.04. The number of nitrogens with zero attached hydrogens (tertiary/aromatic N) is 4. The highest BCUT2D eigenvalue weighted by atomic mass is 16.2. The molecule has 0 bridgehead atoms. The van der Waals surface area contributed by atoms with Gasteiger partial charge in [0, 0.05) is 31.1 Å². The fourth-order valence-corrected chi connectivity index (χ4v) is 1.58. The average Bonchev–Trinajstić information content (AvgIpc) is 2.76. The Bertz CT molecular complexity index is 243. The van der Waals surface area contributed by atoms with E-state index >= 15 is 0 Å². The van der Waals surface area contributed by atoms with Gasteiger partial charge in [-0.3, -0.25) is 0 Å². The number of hydrogen-bond acceptors (Lipinski definition) is 2. The number of unbranched alkanes of at least 4 members (excludes halogenated alkanes) is 1. The molecule has 1 saturated heterocycles. The molecule has 1 rings (SSSR count). The van der Waals surface area contributed by atoms with Crippen LogP contribution in [0.3, 0.4) is 0 Å². The van der Waals surface area contributed by atoms with Crippen LogP contribution in [0, 0.1) is 0 Å². The van der Waals surface area contributed by atoms with E-state index in [0.29, 0.717) is 13.1 Å². The molecule has 0 radical (unpaired) electrons. The summed E-state index contributed by atoms with van der Waals surface area (Å²) in [7, 11) is 0. The van der Waals surface area contributed by atoms with Crippen LogP contribution >= 0.6 is 0 Å². The third kappa shape index (κ3) is 4.56. The highest BCUT2D eigenvalue weighted by molar-refractivity contribution is 5.74. The largest absolute Gasteiger partial charge is 0.338 e. The number of urea groups is 1. The zero-order valence-corrected chi connectivity index (χ0v) is 8.85. The molecule has 15 heavy (non-hydrogen) atoms. The van der Waals surface area contributed by atoms with E-state index in [1.807, 2.05) is 4.90 Å². The van der Waals surface area contributed by atoms with E-state index in [2.05, 4.69) is 15.3 Å². The topological polar surface area (TPSA) is 81.1 Å². The zero-order chi connectivity index (χ0) is 10.9. The van der Waals surface area contributed by atoms with Crippen molar-refractivity contribution >= 4 is 6.03 Å². The Morgan fingerprint density at radius 1 is 1.40 bits per heavy atom. The number of nitrogens with one attached hydrogen (secondary N) is 1. The van der Waals surface area contributed by atoms with Crippen molar-refractivity contribution in [2.24, 2.45) is 5.11 Å². The molecule has 0 aromatic rings. The molecule has 1 fully saturated rings. The van der Waals surface area contributed by atoms with Crippen LogP contribution in [0.25, 0.3) is 10.4 Å². The van der Waals surface area contributed by atoms with Crippen molar-refractivity contribution in [3.63, 3.8) is 0 Å². The number of hydrogen-bond donors (Lipinski definition) is 1. The minimum atomic E-state index is 0.0382. The molecule has 1 aliphatic heterocycles. The highest BCUT2D eigenvalue weighted by Gasteiger charge is 2.16. The Morgan fingerprint density at radius 3 is 2.80 bits per heavy atom.